The van der Waals surface area contributed by atoms with E-state index in [4.69, 9.17) is 5.11 Å². The van der Waals surface area contributed by atoms with Crippen LogP contribution < -0.4 is 5.32 Å². The summed E-state index contributed by atoms with van der Waals surface area (Å²) in [4.78, 5) is 24.2. The van der Waals surface area contributed by atoms with Crippen molar-refractivity contribution in [1.82, 2.24) is 10.2 Å². The standard InChI is InChI=1S/C11H20N2O3/c1-8(2)9(7-10(14)15)12-11(16)13-5-3-4-6-13/h8-9H,3-7H2,1-2H3,(H,12,16)(H,14,15). The molecule has 1 rings (SSSR count). The topological polar surface area (TPSA) is 69.6 Å². The molecule has 5 heteroatoms. The lowest BCUT2D eigenvalue weighted by Gasteiger charge is -2.24. The quantitative estimate of drug-likeness (QED) is 0.761. The largest absolute Gasteiger partial charge is 0.481 e. The molecule has 1 atom stereocenters. The van der Waals surface area contributed by atoms with Gasteiger partial charge < -0.3 is 15.3 Å². The van der Waals surface area contributed by atoms with E-state index >= 15 is 0 Å². The van der Waals surface area contributed by atoms with Gasteiger partial charge in [0.1, 0.15) is 0 Å². The van der Waals surface area contributed by atoms with Gasteiger partial charge in [-0.15, -0.1) is 0 Å². The van der Waals surface area contributed by atoms with Crippen LogP contribution in [0.4, 0.5) is 4.79 Å². The van der Waals surface area contributed by atoms with E-state index in [-0.39, 0.29) is 24.4 Å². The predicted molar refractivity (Wildman–Crippen MR) is 60.2 cm³/mol. The van der Waals surface area contributed by atoms with E-state index in [1.54, 1.807) is 4.90 Å². The molecule has 0 aromatic carbocycles. The van der Waals surface area contributed by atoms with Gasteiger partial charge in [-0.2, -0.15) is 0 Å². The Labute approximate surface area is 95.8 Å². The van der Waals surface area contributed by atoms with Crippen LogP contribution in [0.15, 0.2) is 0 Å². The number of aliphatic carboxylic acids is 1. The molecule has 0 saturated carbocycles. The molecule has 5 nitrogen and oxygen atoms in total. The van der Waals surface area contributed by atoms with Gasteiger partial charge in [0.2, 0.25) is 0 Å². The molecule has 1 heterocycles. The summed E-state index contributed by atoms with van der Waals surface area (Å²) >= 11 is 0. The zero-order valence-corrected chi connectivity index (χ0v) is 9.90. The van der Waals surface area contributed by atoms with Crippen LogP contribution in [0.2, 0.25) is 0 Å². The summed E-state index contributed by atoms with van der Waals surface area (Å²) < 4.78 is 0. The highest BCUT2D eigenvalue weighted by Crippen LogP contribution is 2.10. The average molecular weight is 228 g/mol. The highest BCUT2D eigenvalue weighted by molar-refractivity contribution is 5.76. The first-order valence-electron chi connectivity index (χ1n) is 5.78. The lowest BCUT2D eigenvalue weighted by molar-refractivity contribution is -0.137. The Hall–Kier alpha value is -1.26. The van der Waals surface area contributed by atoms with Gasteiger partial charge in [-0.05, 0) is 18.8 Å². The molecule has 1 aliphatic rings. The fourth-order valence-corrected chi connectivity index (χ4v) is 1.81. The number of hydrogen-bond donors (Lipinski definition) is 2. The number of carbonyl (C=O) groups is 2. The zero-order valence-electron chi connectivity index (χ0n) is 9.90. The number of nitrogens with one attached hydrogen (secondary N) is 1. The second kappa shape index (κ2) is 5.72. The Morgan fingerprint density at radius 3 is 2.31 bits per heavy atom. The normalized spacial score (nSPS) is 17.6. The first-order chi connectivity index (χ1) is 7.50. The maximum Gasteiger partial charge on any atom is 0.317 e. The maximum absolute atomic E-state index is 11.8. The van der Waals surface area contributed by atoms with E-state index in [0.29, 0.717) is 0 Å². The van der Waals surface area contributed by atoms with Crippen molar-refractivity contribution in [3.63, 3.8) is 0 Å². The number of rotatable bonds is 4. The van der Waals surface area contributed by atoms with Crippen LogP contribution in [0.25, 0.3) is 0 Å². The minimum absolute atomic E-state index is 0.0166. The zero-order chi connectivity index (χ0) is 12.1. The van der Waals surface area contributed by atoms with Gasteiger partial charge in [-0.25, -0.2) is 4.79 Å². The van der Waals surface area contributed by atoms with E-state index in [0.717, 1.165) is 25.9 Å². The van der Waals surface area contributed by atoms with Crippen LogP contribution in [0.1, 0.15) is 33.1 Å². The highest BCUT2D eigenvalue weighted by atomic mass is 16.4. The van der Waals surface area contributed by atoms with Crippen molar-refractivity contribution in [2.24, 2.45) is 5.92 Å². The first kappa shape index (κ1) is 12.8. The minimum Gasteiger partial charge on any atom is -0.481 e. The number of hydrogen-bond acceptors (Lipinski definition) is 2. The third-order valence-corrected chi connectivity index (χ3v) is 2.90. The van der Waals surface area contributed by atoms with Crippen molar-refractivity contribution in [2.45, 2.75) is 39.2 Å². The summed E-state index contributed by atoms with van der Waals surface area (Å²) in [6.45, 7) is 5.39. The van der Waals surface area contributed by atoms with E-state index in [1.165, 1.54) is 0 Å². The van der Waals surface area contributed by atoms with E-state index < -0.39 is 5.97 Å². The van der Waals surface area contributed by atoms with Crippen LogP contribution in [-0.4, -0.2) is 41.1 Å². The Morgan fingerprint density at radius 2 is 1.88 bits per heavy atom. The second-order valence-electron chi connectivity index (χ2n) is 4.59. The van der Waals surface area contributed by atoms with Crippen molar-refractivity contribution in [3.8, 4) is 0 Å². The molecule has 1 unspecified atom stereocenters. The summed E-state index contributed by atoms with van der Waals surface area (Å²) in [6, 6.07) is -0.414. The highest BCUT2D eigenvalue weighted by Gasteiger charge is 2.23. The van der Waals surface area contributed by atoms with Gasteiger partial charge >= 0.3 is 12.0 Å². The minimum atomic E-state index is -0.875. The van der Waals surface area contributed by atoms with E-state index in [2.05, 4.69) is 5.32 Å². The lowest BCUT2D eigenvalue weighted by atomic mass is 10.0. The fourth-order valence-electron chi connectivity index (χ4n) is 1.81. The van der Waals surface area contributed by atoms with Crippen LogP contribution >= 0.6 is 0 Å². The van der Waals surface area contributed by atoms with Crippen LogP contribution in [0.3, 0.4) is 0 Å². The predicted octanol–water partition coefficient (Wildman–Crippen LogP) is 1.29. The van der Waals surface area contributed by atoms with Gasteiger partial charge in [-0.1, -0.05) is 13.8 Å². The summed E-state index contributed by atoms with van der Waals surface area (Å²) in [6.07, 6.45) is 2.06. The Morgan fingerprint density at radius 1 is 1.31 bits per heavy atom. The van der Waals surface area contributed by atoms with Crippen molar-refractivity contribution >= 4 is 12.0 Å². The van der Waals surface area contributed by atoms with Gasteiger partial charge in [-0.3, -0.25) is 4.79 Å². The molecule has 0 bridgehead atoms. The number of carboxylic acids is 1. The number of likely N-dealkylation sites (tertiary alicyclic amines) is 1. The van der Waals surface area contributed by atoms with Gasteiger partial charge in [0.15, 0.2) is 0 Å². The molecular weight excluding hydrogens is 208 g/mol. The molecule has 0 radical (unpaired) electrons. The summed E-state index contributed by atoms with van der Waals surface area (Å²) in [7, 11) is 0. The van der Waals surface area contributed by atoms with Gasteiger partial charge in [0.05, 0.1) is 6.42 Å². The molecule has 2 amide bonds. The lowest BCUT2D eigenvalue weighted by Crippen LogP contribution is -2.46. The van der Waals surface area contributed by atoms with Crippen molar-refractivity contribution in [1.29, 1.82) is 0 Å². The number of carboxylic acid groups (broad SMARTS) is 1. The molecule has 2 N–H and O–H groups in total. The molecule has 0 aliphatic carbocycles. The number of carbonyl (C=O) groups excluding carboxylic acids is 1. The molecule has 16 heavy (non-hydrogen) atoms. The smallest absolute Gasteiger partial charge is 0.317 e. The molecule has 0 aromatic rings. The Balaban J connectivity index is 2.46. The van der Waals surface area contributed by atoms with E-state index in [1.807, 2.05) is 13.8 Å². The monoisotopic (exact) mass is 228 g/mol. The summed E-state index contributed by atoms with van der Waals surface area (Å²) in [5.74, 6) is -0.747. The molecule has 0 spiro atoms. The summed E-state index contributed by atoms with van der Waals surface area (Å²) in [5.41, 5.74) is 0. The summed E-state index contributed by atoms with van der Waals surface area (Å²) in [5, 5.41) is 11.5. The van der Waals surface area contributed by atoms with Crippen LogP contribution in [0, 0.1) is 5.92 Å². The molecular formula is C11H20N2O3. The third-order valence-electron chi connectivity index (χ3n) is 2.90. The number of amides is 2. The Bertz CT molecular complexity index is 260. The third kappa shape index (κ3) is 3.72. The average Bonchev–Trinajstić information content (AvgIpc) is 2.68. The fraction of sp³-hybridized carbons (Fsp3) is 0.818. The van der Waals surface area contributed by atoms with Crippen molar-refractivity contribution in [3.05, 3.63) is 0 Å². The SMILES string of the molecule is CC(C)C(CC(=O)O)NC(=O)N1CCCC1. The molecule has 1 saturated heterocycles. The first-order valence-corrected chi connectivity index (χ1v) is 5.78. The van der Waals surface area contributed by atoms with Crippen LogP contribution in [-0.2, 0) is 4.79 Å². The second-order valence-corrected chi connectivity index (χ2v) is 4.59. The van der Waals surface area contributed by atoms with Gasteiger partial charge in [0, 0.05) is 19.1 Å². The van der Waals surface area contributed by atoms with Gasteiger partial charge in [0.25, 0.3) is 0 Å². The molecule has 92 valence electrons. The van der Waals surface area contributed by atoms with E-state index in [9.17, 15) is 9.59 Å². The van der Waals surface area contributed by atoms with Crippen molar-refractivity contribution in [2.75, 3.05) is 13.1 Å². The number of urea groups is 1. The van der Waals surface area contributed by atoms with Crippen molar-refractivity contribution < 1.29 is 14.7 Å². The Kier molecular flexibility index (Phi) is 4.58. The molecule has 0 aromatic heterocycles. The molecule has 1 aliphatic heterocycles. The van der Waals surface area contributed by atoms with Crippen LogP contribution in [0.5, 0.6) is 0 Å². The number of nitrogens with zero attached hydrogens (tertiary/aromatic N) is 1. The molecule has 1 fully saturated rings. The maximum atomic E-state index is 11.8.